The topological polar surface area (TPSA) is 76.1 Å². The summed E-state index contributed by atoms with van der Waals surface area (Å²) in [5, 5.41) is 0. The third-order valence-corrected chi connectivity index (χ3v) is 2.59. The van der Waals surface area contributed by atoms with Crippen molar-refractivity contribution in [2.75, 3.05) is 16.9 Å². The van der Waals surface area contributed by atoms with Crippen LogP contribution < -0.4 is 21.4 Å². The van der Waals surface area contributed by atoms with Gasteiger partial charge >= 0.3 is 108 Å². The SMILES string of the molecule is Nc1ccc(-c2ccc(N)c(N[NH][Ni])c2)cc1. The number of hydrogen-bond donors (Lipinski definition) is 4. The first kappa shape index (κ1) is 11.8. The van der Waals surface area contributed by atoms with Crippen molar-refractivity contribution in [2.24, 2.45) is 0 Å². The zero-order valence-electron chi connectivity index (χ0n) is 9.01. The molecule has 2 aromatic rings. The molecule has 0 heterocycles. The van der Waals surface area contributed by atoms with Gasteiger partial charge in [-0.05, 0) is 0 Å². The van der Waals surface area contributed by atoms with Gasteiger partial charge in [0.2, 0.25) is 0 Å². The molecule has 17 heavy (non-hydrogen) atoms. The molecule has 0 bridgehead atoms. The van der Waals surface area contributed by atoms with Crippen molar-refractivity contribution in [1.29, 1.82) is 0 Å². The standard InChI is InChI=1S/C12H13N4.Ni/c13-10-4-1-8(2-5-10)9-3-6-11(14)12(7-9)16-15;/h1-7,15-16H,13-14H2;/q-1;+1. The number of hydrazine groups is 1. The zero-order valence-corrected chi connectivity index (χ0v) is 10.00. The average molecular weight is 272 g/mol. The Kier molecular flexibility index (Phi) is 3.52. The van der Waals surface area contributed by atoms with Gasteiger partial charge < -0.3 is 0 Å². The van der Waals surface area contributed by atoms with Crippen molar-refractivity contribution < 1.29 is 15.7 Å². The molecule has 0 aromatic heterocycles. The molecular formula is C12H13N4Ni. The third kappa shape index (κ3) is 2.70. The second kappa shape index (κ2) is 5.08. The van der Waals surface area contributed by atoms with Crippen LogP contribution in [0.4, 0.5) is 17.1 Å². The van der Waals surface area contributed by atoms with Crippen molar-refractivity contribution in [1.82, 2.24) is 4.51 Å². The maximum atomic E-state index is 5.81. The number of nitrogens with two attached hydrogens (primary N) is 2. The summed E-state index contributed by atoms with van der Waals surface area (Å²) in [6.45, 7) is 0. The number of rotatable bonds is 3. The summed E-state index contributed by atoms with van der Waals surface area (Å²) in [4.78, 5) is 0. The van der Waals surface area contributed by atoms with Crippen LogP contribution in [0.2, 0.25) is 0 Å². The van der Waals surface area contributed by atoms with Crippen LogP contribution >= 0.6 is 0 Å². The molecule has 6 N–H and O–H groups in total. The van der Waals surface area contributed by atoms with Crippen LogP contribution in [0.15, 0.2) is 42.5 Å². The van der Waals surface area contributed by atoms with E-state index in [0.29, 0.717) is 5.69 Å². The van der Waals surface area contributed by atoms with Crippen molar-refractivity contribution >= 4 is 17.1 Å². The Balaban J connectivity index is 2.39. The van der Waals surface area contributed by atoms with E-state index in [1.54, 1.807) is 0 Å². The van der Waals surface area contributed by atoms with Crippen molar-refractivity contribution in [3.05, 3.63) is 42.5 Å². The summed E-state index contributed by atoms with van der Waals surface area (Å²) in [6, 6.07) is 13.4. The average Bonchev–Trinajstić information content (AvgIpc) is 2.33. The first-order chi connectivity index (χ1) is 8.20. The van der Waals surface area contributed by atoms with Crippen LogP contribution in [0.25, 0.3) is 11.1 Å². The van der Waals surface area contributed by atoms with Crippen LogP contribution in [0.5, 0.6) is 0 Å². The molecule has 0 saturated carbocycles. The first-order valence-electron chi connectivity index (χ1n) is 5.04. The van der Waals surface area contributed by atoms with E-state index >= 15 is 0 Å². The van der Waals surface area contributed by atoms with Gasteiger partial charge in [0.15, 0.2) is 0 Å². The van der Waals surface area contributed by atoms with Gasteiger partial charge in [-0.25, -0.2) is 0 Å². The molecule has 4 nitrogen and oxygen atoms in total. The fourth-order valence-electron chi connectivity index (χ4n) is 1.56. The Morgan fingerprint density at radius 1 is 0.882 bits per heavy atom. The zero-order chi connectivity index (χ0) is 12.3. The minimum absolute atomic E-state index is 0.647. The van der Waals surface area contributed by atoms with Gasteiger partial charge in [-0.15, -0.1) is 0 Å². The Hall–Kier alpha value is -1.71. The van der Waals surface area contributed by atoms with Gasteiger partial charge in [-0.2, -0.15) is 0 Å². The Morgan fingerprint density at radius 2 is 1.53 bits per heavy atom. The number of nitrogens with one attached hydrogen (secondary N) is 2. The summed E-state index contributed by atoms with van der Waals surface area (Å²) in [6.07, 6.45) is 0. The predicted molar refractivity (Wildman–Crippen MR) is 67.5 cm³/mol. The van der Waals surface area contributed by atoms with Gasteiger partial charge in [0.05, 0.1) is 0 Å². The molecule has 2 rings (SSSR count). The number of nitrogen functional groups attached to an aromatic ring is 2. The van der Waals surface area contributed by atoms with Gasteiger partial charge in [-0.1, -0.05) is 0 Å². The Labute approximate surface area is 108 Å². The summed E-state index contributed by atoms with van der Waals surface area (Å²) >= 11 is 4.35. The first-order valence-corrected chi connectivity index (χ1v) is 5.54. The van der Waals surface area contributed by atoms with E-state index in [2.05, 4.69) is 25.6 Å². The molecular weight excluding hydrogens is 259 g/mol. The number of hydrogen-bond acceptors (Lipinski definition) is 4. The molecule has 0 aliphatic heterocycles. The van der Waals surface area contributed by atoms with E-state index in [-0.39, 0.29) is 0 Å². The van der Waals surface area contributed by atoms with Crippen LogP contribution in [0, 0.1) is 0 Å². The molecule has 0 amide bonds. The van der Waals surface area contributed by atoms with Crippen molar-refractivity contribution in [3.63, 3.8) is 0 Å². The fraction of sp³-hybridized carbons (Fsp3) is 0. The molecule has 0 aliphatic rings. The van der Waals surface area contributed by atoms with Gasteiger partial charge in [0.1, 0.15) is 0 Å². The maximum absolute atomic E-state index is 5.81. The fourth-order valence-corrected chi connectivity index (χ4v) is 1.70. The summed E-state index contributed by atoms with van der Waals surface area (Å²) in [7, 11) is 0. The molecule has 0 radical (unpaired) electrons. The molecule has 0 saturated heterocycles. The Bertz CT molecular complexity index is 510. The normalized spacial score (nSPS) is 10.2. The van der Waals surface area contributed by atoms with E-state index in [4.69, 9.17) is 11.5 Å². The van der Waals surface area contributed by atoms with Crippen LogP contribution in [-0.2, 0) is 15.7 Å². The van der Waals surface area contributed by atoms with E-state index in [9.17, 15) is 0 Å². The Morgan fingerprint density at radius 3 is 2.18 bits per heavy atom. The van der Waals surface area contributed by atoms with Crippen LogP contribution in [0.1, 0.15) is 0 Å². The van der Waals surface area contributed by atoms with E-state index in [1.165, 1.54) is 0 Å². The second-order valence-electron chi connectivity index (χ2n) is 3.63. The number of benzene rings is 2. The van der Waals surface area contributed by atoms with Gasteiger partial charge in [-0.3, -0.25) is 0 Å². The summed E-state index contributed by atoms with van der Waals surface area (Å²) in [5.74, 6) is 0. The van der Waals surface area contributed by atoms with E-state index in [0.717, 1.165) is 22.5 Å². The van der Waals surface area contributed by atoms with Gasteiger partial charge in [0, 0.05) is 0 Å². The molecule has 0 spiro atoms. The molecule has 0 unspecified atom stereocenters. The molecule has 0 fully saturated rings. The third-order valence-electron chi connectivity index (χ3n) is 2.47. The molecule has 0 aliphatic carbocycles. The summed E-state index contributed by atoms with van der Waals surface area (Å²) < 4.78 is 2.49. The molecule has 2 aromatic carbocycles. The summed E-state index contributed by atoms with van der Waals surface area (Å²) in [5.41, 5.74) is 18.6. The van der Waals surface area contributed by atoms with Gasteiger partial charge in [0.25, 0.3) is 0 Å². The van der Waals surface area contributed by atoms with Crippen LogP contribution in [-0.4, -0.2) is 0 Å². The minimum atomic E-state index is 0.647. The molecule has 0 atom stereocenters. The van der Waals surface area contributed by atoms with Crippen molar-refractivity contribution in [2.45, 2.75) is 0 Å². The quantitative estimate of drug-likeness (QED) is 0.391. The second-order valence-corrected chi connectivity index (χ2v) is 3.87. The van der Waals surface area contributed by atoms with Crippen molar-refractivity contribution in [3.8, 4) is 11.1 Å². The van der Waals surface area contributed by atoms with E-state index in [1.807, 2.05) is 42.5 Å². The molecule has 91 valence electrons. The number of anilines is 3. The predicted octanol–water partition coefficient (Wildman–Crippen LogP) is 1.90. The molecule has 5 heteroatoms. The van der Waals surface area contributed by atoms with Crippen LogP contribution in [0.3, 0.4) is 0 Å². The van der Waals surface area contributed by atoms with E-state index < -0.39 is 0 Å². The monoisotopic (exact) mass is 271 g/mol.